The molecule has 4 rings (SSSR count). The number of ether oxygens (including phenoxy) is 1. The van der Waals surface area contributed by atoms with E-state index in [-0.39, 0.29) is 5.56 Å². The van der Waals surface area contributed by atoms with Crippen LogP contribution in [0.2, 0.25) is 0 Å². The van der Waals surface area contributed by atoms with Gasteiger partial charge in [0.15, 0.2) is 5.75 Å². The van der Waals surface area contributed by atoms with Gasteiger partial charge < -0.3 is 24.4 Å². The molecule has 0 aliphatic rings. The first-order valence-corrected chi connectivity index (χ1v) is 7.81. The Kier molecular flexibility index (Phi) is 3.81. The van der Waals surface area contributed by atoms with E-state index in [0.29, 0.717) is 28.2 Å². The summed E-state index contributed by atoms with van der Waals surface area (Å²) in [7, 11) is 0. The van der Waals surface area contributed by atoms with Crippen molar-refractivity contribution in [1.29, 1.82) is 0 Å². The maximum atomic E-state index is 11.6. The largest absolute Gasteiger partial charge is 0.478 e. The number of nitrogens with zero attached hydrogens (tertiary/aromatic N) is 2. The summed E-state index contributed by atoms with van der Waals surface area (Å²) in [6.45, 7) is 0. The molecule has 0 unspecified atom stereocenters. The van der Waals surface area contributed by atoms with Crippen LogP contribution in [0.15, 0.2) is 64.7 Å². The summed E-state index contributed by atoms with van der Waals surface area (Å²) in [5.74, 6) is -0.244. The Bertz CT molecular complexity index is 1250. The van der Waals surface area contributed by atoms with Gasteiger partial charge in [-0.2, -0.15) is 0 Å². The van der Waals surface area contributed by atoms with E-state index < -0.39 is 17.1 Å². The van der Waals surface area contributed by atoms with E-state index in [0.717, 1.165) is 0 Å². The highest BCUT2D eigenvalue weighted by Gasteiger charge is 2.12. The smallest absolute Gasteiger partial charge is 0.335 e. The maximum Gasteiger partial charge on any atom is 0.335 e. The molecule has 3 N–H and O–H groups in total. The number of carboxylic acids is 1. The first kappa shape index (κ1) is 16.3. The lowest BCUT2D eigenvalue weighted by atomic mass is 10.2. The van der Waals surface area contributed by atoms with Crippen LogP contribution < -0.4 is 15.9 Å². The quantitative estimate of drug-likeness (QED) is 0.474. The zero-order chi connectivity index (χ0) is 19.0. The molecule has 0 atom stereocenters. The van der Waals surface area contributed by atoms with Gasteiger partial charge in [-0.15, -0.1) is 0 Å². The summed E-state index contributed by atoms with van der Waals surface area (Å²) in [5.41, 5.74) is 0.00626. The minimum atomic E-state index is -1.03. The highest BCUT2D eigenvalue weighted by atomic mass is 16.5. The van der Waals surface area contributed by atoms with E-state index in [1.54, 1.807) is 35.4 Å². The predicted octanol–water partition coefficient (Wildman–Crippen LogP) is 1.89. The Labute approximate surface area is 150 Å². The SMILES string of the molecule is O=C(O)c1ccc(Oc2cc3[nH]c(=O)c(=O)[nH]c3cc2-n2ccnc2)cc1. The first-order valence-electron chi connectivity index (χ1n) is 7.81. The van der Waals surface area contributed by atoms with Crippen LogP contribution in [0.4, 0.5) is 0 Å². The second-order valence-corrected chi connectivity index (χ2v) is 5.68. The van der Waals surface area contributed by atoms with Gasteiger partial charge in [0.05, 0.1) is 28.6 Å². The van der Waals surface area contributed by atoms with Crippen LogP contribution in [0, 0.1) is 0 Å². The fourth-order valence-corrected chi connectivity index (χ4v) is 2.61. The van der Waals surface area contributed by atoms with Gasteiger partial charge in [0.25, 0.3) is 0 Å². The number of nitrogens with one attached hydrogen (secondary N) is 2. The van der Waals surface area contributed by atoms with Gasteiger partial charge in [0.1, 0.15) is 5.75 Å². The van der Waals surface area contributed by atoms with Crippen molar-refractivity contribution < 1.29 is 14.6 Å². The second kappa shape index (κ2) is 6.30. The molecule has 2 aromatic carbocycles. The molecule has 134 valence electrons. The van der Waals surface area contributed by atoms with Crippen LogP contribution in [-0.2, 0) is 0 Å². The molecular weight excluding hydrogens is 352 g/mol. The molecule has 0 spiro atoms. The Morgan fingerprint density at radius 1 is 1.04 bits per heavy atom. The molecule has 0 radical (unpaired) electrons. The third kappa shape index (κ3) is 3.09. The monoisotopic (exact) mass is 364 g/mol. The first-order chi connectivity index (χ1) is 13.0. The summed E-state index contributed by atoms with van der Waals surface area (Å²) >= 11 is 0. The van der Waals surface area contributed by atoms with Crippen LogP contribution in [0.1, 0.15) is 10.4 Å². The molecule has 0 aliphatic heterocycles. The molecule has 0 saturated carbocycles. The fourth-order valence-electron chi connectivity index (χ4n) is 2.61. The standard InChI is InChI=1S/C18H12N4O5/c23-16-17(24)21-13-8-15(27-11-3-1-10(2-4-11)18(25)26)14(7-12(13)20-16)22-6-5-19-9-22/h1-9H,(H,20,23)(H,21,24)(H,25,26). The lowest BCUT2D eigenvalue weighted by Crippen LogP contribution is -2.28. The number of hydrogen-bond donors (Lipinski definition) is 3. The molecule has 0 fully saturated rings. The molecule has 4 aromatic rings. The third-order valence-corrected chi connectivity index (χ3v) is 3.91. The number of fused-ring (bicyclic) bond motifs is 1. The van der Waals surface area contributed by atoms with Gasteiger partial charge >= 0.3 is 17.1 Å². The molecule has 2 aromatic heterocycles. The Morgan fingerprint density at radius 3 is 2.30 bits per heavy atom. The van der Waals surface area contributed by atoms with Crippen LogP contribution in [-0.4, -0.2) is 30.6 Å². The number of aromatic nitrogens is 4. The number of aromatic carboxylic acids is 1. The van der Waals surface area contributed by atoms with Gasteiger partial charge in [-0.1, -0.05) is 0 Å². The van der Waals surface area contributed by atoms with E-state index >= 15 is 0 Å². The molecular formula is C18H12N4O5. The zero-order valence-corrected chi connectivity index (χ0v) is 13.7. The van der Waals surface area contributed by atoms with Crippen LogP contribution >= 0.6 is 0 Å². The average molecular weight is 364 g/mol. The van der Waals surface area contributed by atoms with E-state index in [1.165, 1.54) is 24.3 Å². The molecule has 2 heterocycles. The molecule has 9 heteroatoms. The van der Waals surface area contributed by atoms with Crippen molar-refractivity contribution >= 4 is 17.0 Å². The van der Waals surface area contributed by atoms with Gasteiger partial charge in [-0.05, 0) is 30.3 Å². The molecule has 27 heavy (non-hydrogen) atoms. The maximum absolute atomic E-state index is 11.6. The second-order valence-electron chi connectivity index (χ2n) is 5.68. The Morgan fingerprint density at radius 2 is 1.70 bits per heavy atom. The summed E-state index contributed by atoms with van der Waals surface area (Å²) in [6, 6.07) is 9.13. The van der Waals surface area contributed by atoms with Crippen molar-refractivity contribution in [2.45, 2.75) is 0 Å². The lowest BCUT2D eigenvalue weighted by Gasteiger charge is -2.13. The number of hydrogen-bond acceptors (Lipinski definition) is 5. The number of carboxylic acid groups (broad SMARTS) is 1. The third-order valence-electron chi connectivity index (χ3n) is 3.91. The van der Waals surface area contributed by atoms with Crippen LogP contribution in [0.25, 0.3) is 16.7 Å². The van der Waals surface area contributed by atoms with Crippen molar-refractivity contribution in [2.75, 3.05) is 0 Å². The van der Waals surface area contributed by atoms with E-state index in [4.69, 9.17) is 9.84 Å². The van der Waals surface area contributed by atoms with Gasteiger partial charge in [-0.3, -0.25) is 9.59 Å². The predicted molar refractivity (Wildman–Crippen MR) is 95.8 cm³/mol. The highest BCUT2D eigenvalue weighted by molar-refractivity contribution is 5.87. The summed E-state index contributed by atoms with van der Waals surface area (Å²) < 4.78 is 7.57. The normalized spacial score (nSPS) is 10.8. The molecule has 9 nitrogen and oxygen atoms in total. The van der Waals surface area contributed by atoms with Crippen molar-refractivity contribution in [1.82, 2.24) is 19.5 Å². The van der Waals surface area contributed by atoms with E-state index in [2.05, 4.69) is 15.0 Å². The average Bonchev–Trinajstić information content (AvgIpc) is 3.17. The van der Waals surface area contributed by atoms with E-state index in [1.807, 2.05) is 0 Å². The fraction of sp³-hybridized carbons (Fsp3) is 0. The topological polar surface area (TPSA) is 130 Å². The molecule has 0 amide bonds. The molecule has 0 saturated heterocycles. The molecule has 0 bridgehead atoms. The minimum absolute atomic E-state index is 0.137. The van der Waals surface area contributed by atoms with Gasteiger partial charge in [-0.25, -0.2) is 9.78 Å². The van der Waals surface area contributed by atoms with Crippen LogP contribution in [0.5, 0.6) is 11.5 Å². The number of imidazole rings is 1. The van der Waals surface area contributed by atoms with Crippen molar-refractivity contribution in [3.05, 3.63) is 81.4 Å². The van der Waals surface area contributed by atoms with Gasteiger partial charge in [0.2, 0.25) is 0 Å². The lowest BCUT2D eigenvalue weighted by molar-refractivity contribution is 0.0697. The summed E-state index contributed by atoms with van der Waals surface area (Å²) in [6.07, 6.45) is 4.85. The number of rotatable bonds is 4. The summed E-state index contributed by atoms with van der Waals surface area (Å²) in [5, 5.41) is 8.99. The minimum Gasteiger partial charge on any atom is -0.478 e. The highest BCUT2D eigenvalue weighted by Crippen LogP contribution is 2.31. The zero-order valence-electron chi connectivity index (χ0n) is 13.7. The van der Waals surface area contributed by atoms with Crippen LogP contribution in [0.3, 0.4) is 0 Å². The Balaban J connectivity index is 1.85. The number of carbonyl (C=O) groups is 1. The number of H-pyrrole nitrogens is 2. The summed E-state index contributed by atoms with van der Waals surface area (Å²) in [4.78, 5) is 43.2. The van der Waals surface area contributed by atoms with Gasteiger partial charge in [0, 0.05) is 18.5 Å². The number of benzene rings is 2. The van der Waals surface area contributed by atoms with E-state index in [9.17, 15) is 14.4 Å². The molecule has 0 aliphatic carbocycles. The Hall–Kier alpha value is -4.14. The van der Waals surface area contributed by atoms with Crippen molar-refractivity contribution in [3.8, 4) is 17.2 Å². The number of aromatic amines is 2. The van der Waals surface area contributed by atoms with Crippen molar-refractivity contribution in [2.24, 2.45) is 0 Å². The van der Waals surface area contributed by atoms with Crippen molar-refractivity contribution in [3.63, 3.8) is 0 Å².